The third-order valence-corrected chi connectivity index (χ3v) is 4.90. The molecule has 2 aliphatic heterocycles. The van der Waals surface area contributed by atoms with E-state index in [2.05, 4.69) is 21.9 Å². The van der Waals surface area contributed by atoms with Gasteiger partial charge in [0, 0.05) is 43.0 Å². The summed E-state index contributed by atoms with van der Waals surface area (Å²) in [5.41, 5.74) is 8.61. The molecule has 2 N–H and O–H groups in total. The maximum absolute atomic E-state index is 6.21. The van der Waals surface area contributed by atoms with Gasteiger partial charge in [0.15, 0.2) is 0 Å². The van der Waals surface area contributed by atoms with E-state index in [0.717, 1.165) is 24.4 Å². The number of methoxy groups -OCH3 is 1. The molecule has 2 atom stereocenters. The molecule has 2 aliphatic rings. The van der Waals surface area contributed by atoms with E-state index in [1.807, 2.05) is 13.0 Å². The molecule has 1 aromatic carbocycles. The van der Waals surface area contributed by atoms with Crippen molar-refractivity contribution >= 4 is 5.69 Å². The molecule has 21 heavy (non-hydrogen) atoms. The topological polar surface area (TPSA) is 41.7 Å². The molecule has 1 aromatic rings. The monoisotopic (exact) mass is 289 g/mol. The number of nitrogens with zero attached hydrogens (tertiary/aromatic N) is 2. The van der Waals surface area contributed by atoms with Gasteiger partial charge in [0.05, 0.1) is 7.11 Å². The average Bonchev–Trinajstić information content (AvgIpc) is 2.53. The van der Waals surface area contributed by atoms with Crippen LogP contribution in [0.15, 0.2) is 18.2 Å². The summed E-state index contributed by atoms with van der Waals surface area (Å²) in [6.45, 7) is 6.69. The van der Waals surface area contributed by atoms with Crippen LogP contribution in [0.4, 0.5) is 5.69 Å². The van der Waals surface area contributed by atoms with Crippen LogP contribution >= 0.6 is 0 Å². The quantitative estimate of drug-likeness (QED) is 0.928. The van der Waals surface area contributed by atoms with Crippen molar-refractivity contribution in [2.24, 2.45) is 5.73 Å². The molecule has 0 aromatic heterocycles. The minimum atomic E-state index is -0.0134. The highest BCUT2D eigenvalue weighted by Gasteiger charge is 2.30. The van der Waals surface area contributed by atoms with Gasteiger partial charge in [-0.15, -0.1) is 0 Å². The smallest absolute Gasteiger partial charge is 0.125 e. The second-order valence-corrected chi connectivity index (χ2v) is 6.31. The number of hydrogen-bond donors (Lipinski definition) is 1. The van der Waals surface area contributed by atoms with Gasteiger partial charge in [0.1, 0.15) is 5.75 Å². The van der Waals surface area contributed by atoms with Crippen LogP contribution in [-0.4, -0.2) is 44.2 Å². The van der Waals surface area contributed by atoms with Gasteiger partial charge in [-0.1, -0.05) is 12.5 Å². The average molecular weight is 289 g/mol. The largest absolute Gasteiger partial charge is 0.496 e. The number of piperazine rings is 1. The molecule has 2 saturated heterocycles. The Morgan fingerprint density at radius 3 is 2.86 bits per heavy atom. The first-order chi connectivity index (χ1) is 10.2. The summed E-state index contributed by atoms with van der Waals surface area (Å²) >= 11 is 0. The summed E-state index contributed by atoms with van der Waals surface area (Å²) in [7, 11) is 1.73. The first kappa shape index (κ1) is 14.7. The van der Waals surface area contributed by atoms with Crippen LogP contribution < -0.4 is 15.4 Å². The molecule has 4 heteroatoms. The number of rotatable bonds is 3. The first-order valence-corrected chi connectivity index (χ1v) is 8.12. The SMILES string of the molecule is COc1cccc(N2CCN3CCCCC3C2)c1[C@@H](C)N. The Hall–Kier alpha value is -1.26. The predicted octanol–water partition coefficient (Wildman–Crippen LogP) is 2.39. The molecule has 0 aliphatic carbocycles. The fraction of sp³-hybridized carbons (Fsp3) is 0.647. The van der Waals surface area contributed by atoms with Crippen molar-refractivity contribution in [3.8, 4) is 5.75 Å². The zero-order valence-electron chi connectivity index (χ0n) is 13.2. The van der Waals surface area contributed by atoms with E-state index in [4.69, 9.17) is 10.5 Å². The number of ether oxygens (including phenoxy) is 1. The fourth-order valence-electron chi connectivity index (χ4n) is 3.82. The summed E-state index contributed by atoms with van der Waals surface area (Å²) in [6, 6.07) is 6.98. The summed E-state index contributed by atoms with van der Waals surface area (Å²) in [6.07, 6.45) is 4.06. The van der Waals surface area contributed by atoms with Crippen LogP contribution in [0, 0.1) is 0 Å². The van der Waals surface area contributed by atoms with Crippen molar-refractivity contribution < 1.29 is 4.74 Å². The van der Waals surface area contributed by atoms with Crippen molar-refractivity contribution in [1.29, 1.82) is 0 Å². The minimum Gasteiger partial charge on any atom is -0.496 e. The molecule has 0 radical (unpaired) electrons. The van der Waals surface area contributed by atoms with Crippen LogP contribution in [0.2, 0.25) is 0 Å². The first-order valence-electron chi connectivity index (χ1n) is 8.12. The van der Waals surface area contributed by atoms with Gasteiger partial charge in [0.25, 0.3) is 0 Å². The molecule has 0 amide bonds. The summed E-state index contributed by atoms with van der Waals surface area (Å²) in [5, 5.41) is 0. The number of fused-ring (bicyclic) bond motifs is 1. The standard InChI is InChI=1S/C17H27N3O/c1-13(18)17-15(7-5-8-16(17)21-2)20-11-10-19-9-4-3-6-14(19)12-20/h5,7-8,13-14H,3-4,6,9-12,18H2,1-2H3/t13-,14?/m1/s1. The lowest BCUT2D eigenvalue weighted by atomic mass is 9.97. The van der Waals surface area contributed by atoms with E-state index >= 15 is 0 Å². The summed E-state index contributed by atoms with van der Waals surface area (Å²) in [5.74, 6) is 0.911. The van der Waals surface area contributed by atoms with Crippen molar-refractivity contribution in [2.45, 2.75) is 38.3 Å². The zero-order chi connectivity index (χ0) is 14.8. The Labute approximate surface area is 127 Å². The third kappa shape index (κ3) is 2.87. The van der Waals surface area contributed by atoms with E-state index in [9.17, 15) is 0 Å². The van der Waals surface area contributed by atoms with E-state index in [1.54, 1.807) is 7.11 Å². The van der Waals surface area contributed by atoms with E-state index in [0.29, 0.717) is 6.04 Å². The van der Waals surface area contributed by atoms with Crippen LogP contribution in [0.25, 0.3) is 0 Å². The van der Waals surface area contributed by atoms with Crippen molar-refractivity contribution in [3.05, 3.63) is 23.8 Å². The highest BCUT2D eigenvalue weighted by molar-refractivity contribution is 5.61. The van der Waals surface area contributed by atoms with Gasteiger partial charge >= 0.3 is 0 Å². The Morgan fingerprint density at radius 2 is 2.10 bits per heavy atom. The van der Waals surface area contributed by atoms with E-state index in [-0.39, 0.29) is 6.04 Å². The molecule has 0 spiro atoms. The molecule has 116 valence electrons. The molecular formula is C17H27N3O. The molecule has 2 heterocycles. The lowest BCUT2D eigenvalue weighted by molar-refractivity contribution is 0.133. The van der Waals surface area contributed by atoms with Gasteiger partial charge in [-0.25, -0.2) is 0 Å². The van der Waals surface area contributed by atoms with Gasteiger partial charge < -0.3 is 15.4 Å². The van der Waals surface area contributed by atoms with Crippen LogP contribution in [0.5, 0.6) is 5.75 Å². The van der Waals surface area contributed by atoms with Gasteiger partial charge in [-0.05, 0) is 38.4 Å². The number of piperidine rings is 1. The van der Waals surface area contributed by atoms with Crippen molar-refractivity contribution in [1.82, 2.24) is 4.90 Å². The fourth-order valence-corrected chi connectivity index (χ4v) is 3.82. The second kappa shape index (κ2) is 6.24. The zero-order valence-corrected chi connectivity index (χ0v) is 13.2. The summed E-state index contributed by atoms with van der Waals surface area (Å²) in [4.78, 5) is 5.17. The van der Waals surface area contributed by atoms with E-state index < -0.39 is 0 Å². The molecule has 0 saturated carbocycles. The van der Waals surface area contributed by atoms with Crippen molar-refractivity contribution in [3.63, 3.8) is 0 Å². The Balaban J connectivity index is 1.86. The van der Waals surface area contributed by atoms with Crippen molar-refractivity contribution in [2.75, 3.05) is 38.2 Å². The second-order valence-electron chi connectivity index (χ2n) is 6.31. The van der Waals surface area contributed by atoms with Crippen LogP contribution in [0.3, 0.4) is 0 Å². The maximum atomic E-state index is 6.21. The predicted molar refractivity (Wildman–Crippen MR) is 87.0 cm³/mol. The number of anilines is 1. The number of hydrogen-bond acceptors (Lipinski definition) is 4. The molecule has 3 rings (SSSR count). The highest BCUT2D eigenvalue weighted by Crippen LogP contribution is 2.35. The normalized spacial score (nSPS) is 24.5. The molecule has 1 unspecified atom stereocenters. The Morgan fingerprint density at radius 1 is 1.24 bits per heavy atom. The van der Waals surface area contributed by atoms with Gasteiger partial charge in [-0.3, -0.25) is 4.90 Å². The number of nitrogens with two attached hydrogens (primary N) is 1. The molecule has 4 nitrogen and oxygen atoms in total. The minimum absolute atomic E-state index is 0.0134. The van der Waals surface area contributed by atoms with Gasteiger partial charge in [0.2, 0.25) is 0 Å². The molecule has 0 bridgehead atoms. The maximum Gasteiger partial charge on any atom is 0.125 e. The van der Waals surface area contributed by atoms with Crippen LogP contribution in [-0.2, 0) is 0 Å². The van der Waals surface area contributed by atoms with E-state index in [1.165, 1.54) is 38.0 Å². The lowest BCUT2D eigenvalue weighted by Gasteiger charge is -2.45. The Bertz CT molecular complexity index is 489. The molecule has 2 fully saturated rings. The third-order valence-electron chi connectivity index (χ3n) is 4.90. The number of benzene rings is 1. The molecular weight excluding hydrogens is 262 g/mol. The Kier molecular flexibility index (Phi) is 4.36. The highest BCUT2D eigenvalue weighted by atomic mass is 16.5. The lowest BCUT2D eigenvalue weighted by Crippen LogP contribution is -2.55. The van der Waals surface area contributed by atoms with Gasteiger partial charge in [-0.2, -0.15) is 0 Å². The van der Waals surface area contributed by atoms with Crippen LogP contribution in [0.1, 0.15) is 37.8 Å². The summed E-state index contributed by atoms with van der Waals surface area (Å²) < 4.78 is 5.53.